The van der Waals surface area contributed by atoms with Crippen molar-refractivity contribution in [3.05, 3.63) is 12.8 Å². The van der Waals surface area contributed by atoms with Crippen LogP contribution in [0, 0.1) is 0 Å². The Morgan fingerprint density at radius 1 is 1.90 bits per heavy atom. The molecule has 0 aromatic rings. The van der Waals surface area contributed by atoms with Gasteiger partial charge in [-0.25, -0.2) is 4.79 Å². The highest BCUT2D eigenvalue weighted by molar-refractivity contribution is 7.81. The van der Waals surface area contributed by atoms with E-state index in [0.717, 1.165) is 6.26 Å². The lowest BCUT2D eigenvalue weighted by atomic mass is 10.3. The summed E-state index contributed by atoms with van der Waals surface area (Å²) in [6, 6.07) is 0. The van der Waals surface area contributed by atoms with Crippen LogP contribution in [0.15, 0.2) is 12.8 Å². The standard InChI is InChI=1S/C6H10O3S/c1-3-9-6(8)5(7)4(2)10/h3-5,7,10H,1H2,2H3. The van der Waals surface area contributed by atoms with Crippen LogP contribution in [0.5, 0.6) is 0 Å². The molecular weight excluding hydrogens is 152 g/mol. The molecule has 0 aromatic heterocycles. The van der Waals surface area contributed by atoms with E-state index in [1.54, 1.807) is 6.92 Å². The van der Waals surface area contributed by atoms with Crippen LogP contribution in [0.25, 0.3) is 0 Å². The maximum absolute atomic E-state index is 10.6. The van der Waals surface area contributed by atoms with E-state index < -0.39 is 17.3 Å². The van der Waals surface area contributed by atoms with E-state index in [9.17, 15) is 4.79 Å². The normalized spacial score (nSPS) is 15.5. The largest absolute Gasteiger partial charge is 0.433 e. The molecule has 0 heterocycles. The Hall–Kier alpha value is -0.480. The van der Waals surface area contributed by atoms with E-state index in [2.05, 4.69) is 23.9 Å². The Bertz CT molecular complexity index is 133. The second-order valence-corrected chi connectivity index (χ2v) is 2.60. The SMILES string of the molecule is C=COC(=O)C(O)C(C)S. The fraction of sp³-hybridized carbons (Fsp3) is 0.500. The lowest BCUT2D eigenvalue weighted by Gasteiger charge is -2.09. The Morgan fingerprint density at radius 3 is 2.70 bits per heavy atom. The van der Waals surface area contributed by atoms with Gasteiger partial charge in [0.2, 0.25) is 0 Å². The van der Waals surface area contributed by atoms with Gasteiger partial charge in [0.15, 0.2) is 6.10 Å². The lowest BCUT2D eigenvalue weighted by Crippen LogP contribution is -2.28. The number of carbonyl (C=O) groups is 1. The quantitative estimate of drug-likeness (QED) is 0.357. The van der Waals surface area contributed by atoms with Crippen molar-refractivity contribution in [1.82, 2.24) is 0 Å². The molecule has 2 unspecified atom stereocenters. The fourth-order valence-corrected chi connectivity index (χ4v) is 0.471. The van der Waals surface area contributed by atoms with Crippen LogP contribution in [0.2, 0.25) is 0 Å². The lowest BCUT2D eigenvalue weighted by molar-refractivity contribution is -0.147. The summed E-state index contributed by atoms with van der Waals surface area (Å²) in [5, 5.41) is 8.50. The van der Waals surface area contributed by atoms with Crippen molar-refractivity contribution in [3.63, 3.8) is 0 Å². The van der Waals surface area contributed by atoms with Crippen molar-refractivity contribution in [2.45, 2.75) is 18.3 Å². The van der Waals surface area contributed by atoms with Gasteiger partial charge in [-0.05, 0) is 0 Å². The van der Waals surface area contributed by atoms with Crippen molar-refractivity contribution in [3.8, 4) is 0 Å². The van der Waals surface area contributed by atoms with E-state index in [-0.39, 0.29) is 0 Å². The predicted molar refractivity (Wildman–Crippen MR) is 40.7 cm³/mol. The first-order valence-electron chi connectivity index (χ1n) is 2.77. The Labute approximate surface area is 65.1 Å². The van der Waals surface area contributed by atoms with Crippen LogP contribution < -0.4 is 0 Å². The molecule has 2 atom stereocenters. The minimum atomic E-state index is -1.18. The summed E-state index contributed by atoms with van der Waals surface area (Å²) in [6.07, 6.45) is -0.205. The third kappa shape index (κ3) is 2.89. The summed E-state index contributed by atoms with van der Waals surface area (Å²) in [6.45, 7) is 4.76. The molecule has 0 saturated carbocycles. The Balaban J connectivity index is 3.81. The summed E-state index contributed by atoms with van der Waals surface area (Å²) in [5.74, 6) is -0.725. The molecule has 0 spiro atoms. The first-order chi connectivity index (χ1) is 4.59. The van der Waals surface area contributed by atoms with Crippen LogP contribution >= 0.6 is 12.6 Å². The number of ether oxygens (including phenoxy) is 1. The zero-order chi connectivity index (χ0) is 8.15. The zero-order valence-corrected chi connectivity index (χ0v) is 6.54. The van der Waals surface area contributed by atoms with Gasteiger partial charge in [-0.15, -0.1) is 0 Å². The summed E-state index contributed by atoms with van der Waals surface area (Å²) in [7, 11) is 0. The summed E-state index contributed by atoms with van der Waals surface area (Å²) in [4.78, 5) is 10.6. The summed E-state index contributed by atoms with van der Waals surface area (Å²) < 4.78 is 4.29. The molecule has 0 rings (SSSR count). The van der Waals surface area contributed by atoms with E-state index in [0.29, 0.717) is 0 Å². The number of hydrogen-bond donors (Lipinski definition) is 2. The van der Waals surface area contributed by atoms with E-state index in [4.69, 9.17) is 5.11 Å². The fourth-order valence-electron chi connectivity index (χ4n) is 0.349. The molecule has 10 heavy (non-hydrogen) atoms. The van der Waals surface area contributed by atoms with Gasteiger partial charge in [0.05, 0.1) is 6.26 Å². The smallest absolute Gasteiger partial charge is 0.340 e. The number of thiol groups is 1. The molecule has 0 aliphatic rings. The monoisotopic (exact) mass is 162 g/mol. The maximum Gasteiger partial charge on any atom is 0.340 e. The number of hydrogen-bond acceptors (Lipinski definition) is 4. The first kappa shape index (κ1) is 9.52. The van der Waals surface area contributed by atoms with Gasteiger partial charge in [-0.2, -0.15) is 12.6 Å². The van der Waals surface area contributed by atoms with Crippen LogP contribution in [0.3, 0.4) is 0 Å². The molecular formula is C6H10O3S. The van der Waals surface area contributed by atoms with E-state index >= 15 is 0 Å². The molecule has 0 fully saturated rings. The summed E-state index contributed by atoms with van der Waals surface area (Å²) >= 11 is 3.84. The number of rotatable bonds is 3. The Kier molecular flexibility index (Phi) is 4.14. The molecule has 0 bridgehead atoms. The number of aliphatic hydroxyl groups is 1. The molecule has 4 heteroatoms. The highest BCUT2D eigenvalue weighted by atomic mass is 32.1. The summed E-state index contributed by atoms with van der Waals surface area (Å²) in [5.41, 5.74) is 0. The third-order valence-electron chi connectivity index (χ3n) is 0.898. The molecule has 0 aliphatic heterocycles. The number of carbonyl (C=O) groups excluding carboxylic acids is 1. The molecule has 0 radical (unpaired) electrons. The number of aliphatic hydroxyl groups excluding tert-OH is 1. The molecule has 0 aliphatic carbocycles. The molecule has 58 valence electrons. The van der Waals surface area contributed by atoms with E-state index in [1.165, 1.54) is 0 Å². The van der Waals surface area contributed by atoms with Gasteiger partial charge in [0.1, 0.15) is 0 Å². The molecule has 1 N–H and O–H groups in total. The zero-order valence-electron chi connectivity index (χ0n) is 5.65. The Morgan fingerprint density at radius 2 is 2.40 bits per heavy atom. The van der Waals surface area contributed by atoms with Crippen LogP contribution in [0.1, 0.15) is 6.92 Å². The van der Waals surface area contributed by atoms with Crippen molar-refractivity contribution in [1.29, 1.82) is 0 Å². The number of esters is 1. The highest BCUT2D eigenvalue weighted by Crippen LogP contribution is 2.02. The van der Waals surface area contributed by atoms with Crippen molar-refractivity contribution >= 4 is 18.6 Å². The van der Waals surface area contributed by atoms with Gasteiger partial charge in [-0.3, -0.25) is 0 Å². The predicted octanol–water partition coefficient (Wildman–Crippen LogP) is 0.352. The van der Waals surface area contributed by atoms with Gasteiger partial charge >= 0.3 is 5.97 Å². The second-order valence-electron chi connectivity index (χ2n) is 1.79. The van der Waals surface area contributed by atoms with Crippen LogP contribution in [-0.2, 0) is 9.53 Å². The van der Waals surface area contributed by atoms with Crippen molar-refractivity contribution < 1.29 is 14.6 Å². The van der Waals surface area contributed by atoms with Gasteiger partial charge in [0.25, 0.3) is 0 Å². The second kappa shape index (κ2) is 4.35. The van der Waals surface area contributed by atoms with Gasteiger partial charge in [-0.1, -0.05) is 13.5 Å². The van der Waals surface area contributed by atoms with Crippen molar-refractivity contribution in [2.75, 3.05) is 0 Å². The molecule has 0 aromatic carbocycles. The topological polar surface area (TPSA) is 46.5 Å². The minimum absolute atomic E-state index is 0.424. The third-order valence-corrected chi connectivity index (χ3v) is 1.18. The minimum Gasteiger partial charge on any atom is -0.433 e. The van der Waals surface area contributed by atoms with Gasteiger partial charge in [0, 0.05) is 5.25 Å². The van der Waals surface area contributed by atoms with Crippen LogP contribution in [-0.4, -0.2) is 22.4 Å². The highest BCUT2D eigenvalue weighted by Gasteiger charge is 2.19. The molecule has 3 nitrogen and oxygen atoms in total. The van der Waals surface area contributed by atoms with Crippen LogP contribution in [0.4, 0.5) is 0 Å². The van der Waals surface area contributed by atoms with E-state index in [1.807, 2.05) is 0 Å². The average Bonchev–Trinajstić information content (AvgIpc) is 1.87. The molecule has 0 amide bonds. The molecule has 0 saturated heterocycles. The first-order valence-corrected chi connectivity index (χ1v) is 3.28. The maximum atomic E-state index is 10.6. The van der Waals surface area contributed by atoms with Gasteiger partial charge < -0.3 is 9.84 Å². The van der Waals surface area contributed by atoms with Crippen molar-refractivity contribution in [2.24, 2.45) is 0 Å². The average molecular weight is 162 g/mol.